The van der Waals surface area contributed by atoms with Crippen molar-refractivity contribution >= 4 is 27.3 Å². The van der Waals surface area contributed by atoms with Gasteiger partial charge in [0.1, 0.15) is 16.5 Å². The maximum Gasteiger partial charge on any atom is 0.264 e. The van der Waals surface area contributed by atoms with Crippen LogP contribution >= 0.6 is 0 Å². The summed E-state index contributed by atoms with van der Waals surface area (Å²) >= 11 is 0. The number of carbonyl (C=O) groups is 1. The van der Waals surface area contributed by atoms with Crippen LogP contribution in [0.4, 0.5) is 20.2 Å². The van der Waals surface area contributed by atoms with Crippen molar-refractivity contribution in [1.82, 2.24) is 0 Å². The van der Waals surface area contributed by atoms with Crippen molar-refractivity contribution in [3.63, 3.8) is 0 Å². The fourth-order valence-electron chi connectivity index (χ4n) is 2.69. The quantitative estimate of drug-likeness (QED) is 0.903. The van der Waals surface area contributed by atoms with Crippen LogP contribution in [0.2, 0.25) is 0 Å². The van der Waals surface area contributed by atoms with E-state index in [0.29, 0.717) is 24.7 Å². The maximum absolute atomic E-state index is 13.7. The van der Waals surface area contributed by atoms with Crippen molar-refractivity contribution < 1.29 is 22.0 Å². The third kappa shape index (κ3) is 3.79. The number of nitrogens with one attached hydrogen (secondary N) is 1. The lowest BCUT2D eigenvalue weighted by atomic mass is 10.1. The molecule has 0 aliphatic carbocycles. The molecule has 1 fully saturated rings. The summed E-state index contributed by atoms with van der Waals surface area (Å²) in [7, 11) is -4.18. The summed E-state index contributed by atoms with van der Waals surface area (Å²) < 4.78 is 53.3. The minimum Gasteiger partial charge on any atom is -0.312 e. The number of benzene rings is 2. The number of sulfonamides is 1. The number of halogens is 2. The third-order valence-electron chi connectivity index (χ3n) is 3.94. The highest BCUT2D eigenvalue weighted by molar-refractivity contribution is 7.92. The SMILES string of the molecule is O=C1CCCCN1c1ccc(NS(=O)(=O)c2ccc(F)cc2F)cc1. The van der Waals surface area contributed by atoms with Crippen LogP contribution in [-0.2, 0) is 14.8 Å². The molecule has 132 valence electrons. The normalized spacial score (nSPS) is 15.3. The number of hydrogen-bond donors (Lipinski definition) is 1. The first-order valence-corrected chi connectivity index (χ1v) is 9.23. The van der Waals surface area contributed by atoms with Gasteiger partial charge >= 0.3 is 0 Å². The zero-order valence-corrected chi connectivity index (χ0v) is 14.0. The molecule has 25 heavy (non-hydrogen) atoms. The maximum atomic E-state index is 13.7. The fraction of sp³-hybridized carbons (Fsp3) is 0.235. The van der Waals surface area contributed by atoms with Gasteiger partial charge in [-0.2, -0.15) is 0 Å². The topological polar surface area (TPSA) is 66.5 Å². The molecular formula is C17H16F2N2O3S. The van der Waals surface area contributed by atoms with Gasteiger partial charge in [0.2, 0.25) is 5.91 Å². The van der Waals surface area contributed by atoms with Gasteiger partial charge in [0.25, 0.3) is 10.0 Å². The van der Waals surface area contributed by atoms with Crippen molar-refractivity contribution in [2.24, 2.45) is 0 Å². The summed E-state index contributed by atoms with van der Waals surface area (Å²) in [5.74, 6) is -1.98. The van der Waals surface area contributed by atoms with E-state index in [4.69, 9.17) is 0 Å². The minimum absolute atomic E-state index is 0.0352. The molecule has 0 unspecified atom stereocenters. The molecule has 8 heteroatoms. The van der Waals surface area contributed by atoms with Crippen LogP contribution in [0.25, 0.3) is 0 Å². The largest absolute Gasteiger partial charge is 0.312 e. The van der Waals surface area contributed by atoms with Crippen LogP contribution < -0.4 is 9.62 Å². The summed E-state index contributed by atoms with van der Waals surface area (Å²) in [5, 5.41) is 0. The first kappa shape index (κ1) is 17.3. The average Bonchev–Trinajstić information content (AvgIpc) is 2.55. The van der Waals surface area contributed by atoms with Gasteiger partial charge in [-0.05, 0) is 49.2 Å². The van der Waals surface area contributed by atoms with E-state index < -0.39 is 26.6 Å². The van der Waals surface area contributed by atoms with Gasteiger partial charge < -0.3 is 4.90 Å². The van der Waals surface area contributed by atoms with E-state index in [2.05, 4.69) is 4.72 Å². The molecule has 0 spiro atoms. The second-order valence-corrected chi connectivity index (χ2v) is 7.38. The van der Waals surface area contributed by atoms with Crippen molar-refractivity contribution in [3.05, 3.63) is 54.1 Å². The van der Waals surface area contributed by atoms with Gasteiger partial charge in [-0.15, -0.1) is 0 Å². The van der Waals surface area contributed by atoms with E-state index in [0.717, 1.165) is 25.0 Å². The Labute approximate surface area is 144 Å². The highest BCUT2D eigenvalue weighted by Crippen LogP contribution is 2.24. The molecule has 1 aliphatic rings. The van der Waals surface area contributed by atoms with E-state index in [1.165, 1.54) is 12.1 Å². The summed E-state index contributed by atoms with van der Waals surface area (Å²) in [6.07, 6.45) is 2.29. The van der Waals surface area contributed by atoms with Gasteiger partial charge in [0.15, 0.2) is 0 Å². The van der Waals surface area contributed by atoms with E-state index in [-0.39, 0.29) is 11.6 Å². The average molecular weight is 366 g/mol. The van der Waals surface area contributed by atoms with Crippen molar-refractivity contribution in [3.8, 4) is 0 Å². The molecule has 1 N–H and O–H groups in total. The summed E-state index contributed by atoms with van der Waals surface area (Å²) in [6.45, 7) is 0.630. The van der Waals surface area contributed by atoms with Crippen LogP contribution in [0.5, 0.6) is 0 Å². The molecule has 1 heterocycles. The molecule has 0 aromatic heterocycles. The van der Waals surface area contributed by atoms with Crippen molar-refractivity contribution in [1.29, 1.82) is 0 Å². The molecule has 0 saturated carbocycles. The molecule has 5 nitrogen and oxygen atoms in total. The zero-order chi connectivity index (χ0) is 18.0. The Morgan fingerprint density at radius 1 is 1.00 bits per heavy atom. The van der Waals surface area contributed by atoms with E-state index in [9.17, 15) is 22.0 Å². The molecule has 2 aromatic rings. The van der Waals surface area contributed by atoms with Crippen LogP contribution in [0.3, 0.4) is 0 Å². The van der Waals surface area contributed by atoms with Crippen LogP contribution in [-0.4, -0.2) is 20.9 Å². The molecule has 2 aromatic carbocycles. The number of rotatable bonds is 4. The Kier molecular flexibility index (Phi) is 4.71. The van der Waals surface area contributed by atoms with E-state index in [1.807, 2.05) is 0 Å². The second-order valence-electron chi connectivity index (χ2n) is 5.73. The Morgan fingerprint density at radius 3 is 2.36 bits per heavy atom. The molecule has 1 saturated heterocycles. The standard InChI is InChI=1S/C17H16F2N2O3S/c18-12-4-9-16(15(19)11-12)25(23,24)20-13-5-7-14(8-6-13)21-10-2-1-3-17(21)22/h4-9,11,20H,1-3,10H2. The molecular weight excluding hydrogens is 350 g/mol. The molecule has 0 bridgehead atoms. The first-order chi connectivity index (χ1) is 11.9. The highest BCUT2D eigenvalue weighted by Gasteiger charge is 2.21. The Morgan fingerprint density at radius 2 is 1.72 bits per heavy atom. The van der Waals surface area contributed by atoms with Gasteiger partial charge in [0.05, 0.1) is 0 Å². The van der Waals surface area contributed by atoms with Gasteiger partial charge in [-0.25, -0.2) is 17.2 Å². The predicted molar refractivity (Wildman–Crippen MR) is 89.8 cm³/mol. The lowest BCUT2D eigenvalue weighted by molar-refractivity contribution is -0.119. The number of carbonyl (C=O) groups excluding carboxylic acids is 1. The third-order valence-corrected chi connectivity index (χ3v) is 5.35. The fourth-order valence-corrected chi connectivity index (χ4v) is 3.81. The first-order valence-electron chi connectivity index (χ1n) is 7.75. The lowest BCUT2D eigenvalue weighted by Crippen LogP contribution is -2.35. The smallest absolute Gasteiger partial charge is 0.264 e. The zero-order valence-electron chi connectivity index (χ0n) is 13.2. The molecule has 0 radical (unpaired) electrons. The van der Waals surface area contributed by atoms with Crippen LogP contribution in [0.15, 0.2) is 47.4 Å². The highest BCUT2D eigenvalue weighted by atomic mass is 32.2. The predicted octanol–water partition coefficient (Wildman–Crippen LogP) is 3.28. The molecule has 3 rings (SSSR count). The van der Waals surface area contributed by atoms with Crippen LogP contribution in [0, 0.1) is 11.6 Å². The molecule has 0 atom stereocenters. The lowest BCUT2D eigenvalue weighted by Gasteiger charge is -2.26. The van der Waals surface area contributed by atoms with Crippen molar-refractivity contribution in [2.75, 3.05) is 16.2 Å². The number of anilines is 2. The monoisotopic (exact) mass is 366 g/mol. The number of hydrogen-bond acceptors (Lipinski definition) is 3. The van der Waals surface area contributed by atoms with Gasteiger partial charge in [0, 0.05) is 30.4 Å². The molecule has 1 amide bonds. The van der Waals surface area contributed by atoms with Gasteiger partial charge in [-0.3, -0.25) is 9.52 Å². The van der Waals surface area contributed by atoms with Crippen molar-refractivity contribution in [2.45, 2.75) is 24.2 Å². The molecule has 1 aliphatic heterocycles. The van der Waals surface area contributed by atoms with Gasteiger partial charge in [-0.1, -0.05) is 0 Å². The van der Waals surface area contributed by atoms with E-state index in [1.54, 1.807) is 17.0 Å². The number of amides is 1. The summed E-state index contributed by atoms with van der Waals surface area (Å²) in [6, 6.07) is 8.51. The minimum atomic E-state index is -4.18. The summed E-state index contributed by atoms with van der Waals surface area (Å²) in [4.78, 5) is 12.9. The van der Waals surface area contributed by atoms with E-state index >= 15 is 0 Å². The second kappa shape index (κ2) is 6.79. The van der Waals surface area contributed by atoms with Crippen LogP contribution in [0.1, 0.15) is 19.3 Å². The number of nitrogens with zero attached hydrogens (tertiary/aromatic N) is 1. The number of piperidine rings is 1. The summed E-state index contributed by atoms with van der Waals surface area (Å²) in [5.41, 5.74) is 0.901. The Bertz CT molecular complexity index is 899. The Balaban J connectivity index is 1.79. The Hall–Kier alpha value is -2.48.